The molecular formula is C19H20N2O2S. The summed E-state index contributed by atoms with van der Waals surface area (Å²) in [5, 5.41) is 4.31. The second kappa shape index (κ2) is 5.74. The molecule has 0 radical (unpaired) electrons. The van der Waals surface area contributed by atoms with Gasteiger partial charge in [-0.3, -0.25) is 0 Å². The summed E-state index contributed by atoms with van der Waals surface area (Å²) >= 11 is 0. The van der Waals surface area contributed by atoms with Gasteiger partial charge in [-0.15, -0.1) is 0 Å². The molecule has 2 aromatic carbocycles. The lowest BCUT2D eigenvalue weighted by molar-refractivity contribution is 0.496. The van der Waals surface area contributed by atoms with Gasteiger partial charge in [0.05, 0.1) is 4.90 Å². The van der Waals surface area contributed by atoms with Crippen molar-refractivity contribution in [1.82, 2.24) is 4.83 Å². The highest BCUT2D eigenvalue weighted by Gasteiger charge is 2.37. The van der Waals surface area contributed by atoms with Crippen molar-refractivity contribution >= 4 is 15.7 Å². The third-order valence-corrected chi connectivity index (χ3v) is 6.34. The van der Waals surface area contributed by atoms with E-state index < -0.39 is 10.0 Å². The van der Waals surface area contributed by atoms with E-state index in [1.165, 1.54) is 11.1 Å². The fourth-order valence-corrected chi connectivity index (χ4v) is 4.68. The van der Waals surface area contributed by atoms with Crippen LogP contribution >= 0.6 is 0 Å². The summed E-state index contributed by atoms with van der Waals surface area (Å²) < 4.78 is 24.8. The Morgan fingerprint density at radius 1 is 1.00 bits per heavy atom. The van der Waals surface area contributed by atoms with Gasteiger partial charge in [0, 0.05) is 11.6 Å². The Hall–Kier alpha value is -2.14. The number of sulfonamides is 1. The molecule has 1 saturated carbocycles. The van der Waals surface area contributed by atoms with E-state index in [0.29, 0.717) is 5.92 Å². The smallest absolute Gasteiger partial charge is 0.200 e. The van der Waals surface area contributed by atoms with Crippen LogP contribution in [0.2, 0.25) is 0 Å². The van der Waals surface area contributed by atoms with Crippen molar-refractivity contribution in [1.29, 1.82) is 0 Å². The summed E-state index contributed by atoms with van der Waals surface area (Å²) in [7, 11) is -3.61. The number of nitrogens with one attached hydrogen (secondary N) is 1. The zero-order valence-electron chi connectivity index (χ0n) is 13.6. The summed E-state index contributed by atoms with van der Waals surface area (Å²) in [4.78, 5) is 2.69. The molecule has 5 rings (SSSR count). The summed E-state index contributed by atoms with van der Waals surface area (Å²) in [5.41, 5.74) is 4.71. The highest BCUT2D eigenvalue weighted by Crippen LogP contribution is 2.47. The molecule has 0 aromatic heterocycles. The van der Waals surface area contributed by atoms with Crippen molar-refractivity contribution in [3.8, 4) is 0 Å². The zero-order valence-corrected chi connectivity index (χ0v) is 14.4. The number of hydrogen-bond donors (Lipinski definition) is 1. The third kappa shape index (κ3) is 2.63. The van der Waals surface area contributed by atoms with Crippen LogP contribution in [0.25, 0.3) is 0 Å². The second-order valence-corrected chi connectivity index (χ2v) is 8.33. The van der Waals surface area contributed by atoms with E-state index in [0.717, 1.165) is 30.5 Å². The summed E-state index contributed by atoms with van der Waals surface area (Å²) in [6, 6.07) is 15.3. The molecule has 2 atom stereocenters. The van der Waals surface area contributed by atoms with Gasteiger partial charge >= 0.3 is 0 Å². The van der Waals surface area contributed by atoms with Crippen molar-refractivity contribution in [2.24, 2.45) is 5.10 Å². The minimum Gasteiger partial charge on any atom is -0.200 e. The number of benzene rings is 2. The second-order valence-electron chi connectivity index (χ2n) is 6.67. The van der Waals surface area contributed by atoms with E-state index in [2.05, 4.69) is 28.1 Å². The quantitative estimate of drug-likeness (QED) is 0.866. The fourth-order valence-electron chi connectivity index (χ4n) is 3.84. The lowest BCUT2D eigenvalue weighted by atomic mass is 9.66. The Morgan fingerprint density at radius 3 is 2.46 bits per heavy atom. The van der Waals surface area contributed by atoms with Gasteiger partial charge in [0.2, 0.25) is 0 Å². The Morgan fingerprint density at radius 2 is 1.71 bits per heavy atom. The molecule has 0 saturated heterocycles. The first-order valence-electron chi connectivity index (χ1n) is 8.28. The molecule has 1 N–H and O–H groups in total. The summed E-state index contributed by atoms with van der Waals surface area (Å²) in [6.07, 6.45) is 3.05. The van der Waals surface area contributed by atoms with Crippen molar-refractivity contribution in [3.05, 3.63) is 65.2 Å². The maximum Gasteiger partial charge on any atom is 0.276 e. The molecule has 1 fully saturated rings. The van der Waals surface area contributed by atoms with Crippen LogP contribution < -0.4 is 4.83 Å². The first kappa shape index (κ1) is 15.4. The normalized spacial score (nSPS) is 24.0. The first-order valence-corrected chi connectivity index (χ1v) is 9.76. The zero-order chi connectivity index (χ0) is 16.7. The van der Waals surface area contributed by atoms with Crippen LogP contribution in [-0.4, -0.2) is 14.1 Å². The van der Waals surface area contributed by atoms with Crippen LogP contribution in [0.15, 0.2) is 58.5 Å². The molecule has 2 aromatic rings. The number of nitrogens with zero attached hydrogens (tertiary/aromatic N) is 1. The standard InChI is InChI=1S/C19H20N2O2S/c1-13-6-9-15(10-7-13)24(22,23)21-20-19-12-14-8-11-18(19)17-5-3-2-4-16(14)17/h2-7,9-10,14,18,21H,8,11-12H2,1H3/b20-19-/t14-,18-/m0/s1. The molecule has 5 heteroatoms. The van der Waals surface area contributed by atoms with Gasteiger partial charge < -0.3 is 0 Å². The van der Waals surface area contributed by atoms with E-state index in [9.17, 15) is 8.42 Å². The highest BCUT2D eigenvalue weighted by molar-refractivity contribution is 7.89. The molecular weight excluding hydrogens is 320 g/mol. The predicted molar refractivity (Wildman–Crippen MR) is 94.7 cm³/mol. The molecule has 24 heavy (non-hydrogen) atoms. The Labute approximate surface area is 142 Å². The Kier molecular flexibility index (Phi) is 3.68. The van der Waals surface area contributed by atoms with E-state index in [1.54, 1.807) is 24.3 Å². The molecule has 0 heterocycles. The van der Waals surface area contributed by atoms with Gasteiger partial charge in [0.1, 0.15) is 0 Å². The van der Waals surface area contributed by atoms with Crippen molar-refractivity contribution in [2.45, 2.75) is 42.9 Å². The predicted octanol–water partition coefficient (Wildman–Crippen LogP) is 3.69. The number of aryl methyl sites for hydroxylation is 1. The van der Waals surface area contributed by atoms with Gasteiger partial charge in [-0.05, 0) is 55.4 Å². The summed E-state index contributed by atoms with van der Waals surface area (Å²) in [5.74, 6) is 0.709. The largest absolute Gasteiger partial charge is 0.276 e. The van der Waals surface area contributed by atoms with Crippen LogP contribution in [0.3, 0.4) is 0 Å². The number of hydrazone groups is 1. The van der Waals surface area contributed by atoms with Crippen LogP contribution in [-0.2, 0) is 10.0 Å². The minimum absolute atomic E-state index is 0.243. The SMILES string of the molecule is Cc1ccc(S(=O)(=O)N/N=C2/C[C@@H]3CC[C@H]2c2ccccc23)cc1. The minimum atomic E-state index is -3.61. The summed E-state index contributed by atoms with van der Waals surface area (Å²) in [6.45, 7) is 1.93. The third-order valence-electron chi connectivity index (χ3n) is 5.11. The fraction of sp³-hybridized carbons (Fsp3) is 0.316. The van der Waals surface area contributed by atoms with Crippen LogP contribution in [0.5, 0.6) is 0 Å². The topological polar surface area (TPSA) is 58.5 Å². The van der Waals surface area contributed by atoms with Gasteiger partial charge in [0.25, 0.3) is 10.0 Å². The molecule has 4 nitrogen and oxygen atoms in total. The van der Waals surface area contributed by atoms with Crippen LogP contribution in [0, 0.1) is 6.92 Å². The number of hydrogen-bond acceptors (Lipinski definition) is 3. The van der Waals surface area contributed by atoms with Crippen molar-refractivity contribution < 1.29 is 8.42 Å². The molecule has 3 aliphatic carbocycles. The average molecular weight is 340 g/mol. The maximum absolute atomic E-state index is 12.4. The van der Waals surface area contributed by atoms with Crippen molar-refractivity contribution in [2.75, 3.05) is 0 Å². The highest BCUT2D eigenvalue weighted by atomic mass is 32.2. The van der Waals surface area contributed by atoms with Crippen molar-refractivity contribution in [3.63, 3.8) is 0 Å². The lowest BCUT2D eigenvalue weighted by Crippen LogP contribution is -2.32. The van der Waals surface area contributed by atoms with Gasteiger partial charge in [-0.2, -0.15) is 13.5 Å². The maximum atomic E-state index is 12.4. The van der Waals surface area contributed by atoms with Crippen LogP contribution in [0.4, 0.5) is 0 Å². The van der Waals surface area contributed by atoms with Gasteiger partial charge in [-0.25, -0.2) is 4.83 Å². The number of fused-ring (bicyclic) bond motifs is 2. The average Bonchev–Trinajstić information content (AvgIpc) is 2.61. The number of rotatable bonds is 3. The Bertz CT molecular complexity index is 901. The molecule has 2 bridgehead atoms. The van der Waals surface area contributed by atoms with Crippen LogP contribution in [0.1, 0.15) is 47.8 Å². The Balaban J connectivity index is 1.60. The van der Waals surface area contributed by atoms with E-state index in [-0.39, 0.29) is 10.8 Å². The van der Waals surface area contributed by atoms with E-state index in [1.807, 2.05) is 13.0 Å². The van der Waals surface area contributed by atoms with Gasteiger partial charge in [-0.1, -0.05) is 42.0 Å². The van der Waals surface area contributed by atoms with Gasteiger partial charge in [0.15, 0.2) is 0 Å². The molecule has 0 unspecified atom stereocenters. The molecule has 3 aliphatic rings. The molecule has 0 spiro atoms. The molecule has 124 valence electrons. The lowest BCUT2D eigenvalue weighted by Gasteiger charge is -2.39. The monoisotopic (exact) mass is 340 g/mol. The molecule has 0 aliphatic heterocycles. The van der Waals surface area contributed by atoms with E-state index >= 15 is 0 Å². The van der Waals surface area contributed by atoms with E-state index in [4.69, 9.17) is 0 Å². The first-order chi connectivity index (χ1) is 11.5. The molecule has 0 amide bonds.